The maximum absolute atomic E-state index is 12.2. The first-order valence-corrected chi connectivity index (χ1v) is 6.88. The summed E-state index contributed by atoms with van der Waals surface area (Å²) in [7, 11) is 1.14. The molecule has 0 fully saturated rings. The highest BCUT2D eigenvalue weighted by molar-refractivity contribution is 5.86. The van der Waals surface area contributed by atoms with Crippen LogP contribution in [0.2, 0.25) is 0 Å². The molecule has 8 heteroatoms. The summed E-state index contributed by atoms with van der Waals surface area (Å²) in [5.74, 6) is -2.04. The van der Waals surface area contributed by atoms with E-state index in [1.165, 1.54) is 4.90 Å². The predicted molar refractivity (Wildman–Crippen MR) is 74.8 cm³/mol. The molecule has 0 aromatic rings. The van der Waals surface area contributed by atoms with E-state index in [4.69, 9.17) is 10.2 Å². The second kappa shape index (κ2) is 9.98. The molecule has 0 aromatic heterocycles. The summed E-state index contributed by atoms with van der Waals surface area (Å²) in [4.78, 5) is 35.8. The van der Waals surface area contributed by atoms with Gasteiger partial charge in [-0.25, -0.2) is 9.59 Å². The van der Waals surface area contributed by atoms with Crippen LogP contribution in [0, 0.1) is 0 Å². The first-order chi connectivity index (χ1) is 9.90. The molecule has 3 N–H and O–H groups in total. The maximum Gasteiger partial charge on any atom is 0.326 e. The van der Waals surface area contributed by atoms with Crippen molar-refractivity contribution in [2.45, 2.75) is 45.2 Å². The number of hydrogen-bond acceptors (Lipinski definition) is 5. The number of aliphatic hydroxyl groups excluding tert-OH is 1. The number of esters is 1. The number of methoxy groups -OCH3 is 1. The van der Waals surface area contributed by atoms with E-state index < -0.39 is 30.4 Å². The summed E-state index contributed by atoms with van der Waals surface area (Å²) in [6.45, 7) is 3.67. The fraction of sp³-hybridized carbons (Fsp3) is 0.769. The zero-order valence-corrected chi connectivity index (χ0v) is 12.7. The predicted octanol–water partition coefficient (Wildman–Crippen LogP) is 0.195. The highest BCUT2D eigenvalue weighted by atomic mass is 16.5. The Labute approximate surface area is 124 Å². The van der Waals surface area contributed by atoms with Crippen LogP contribution in [0.25, 0.3) is 0 Å². The fourth-order valence-electron chi connectivity index (χ4n) is 1.97. The van der Waals surface area contributed by atoms with E-state index in [2.05, 4.69) is 10.1 Å². The summed E-state index contributed by atoms with van der Waals surface area (Å²) < 4.78 is 4.40. The number of hydrogen-bond donors (Lipinski definition) is 3. The molecule has 0 aliphatic heterocycles. The largest absolute Gasteiger partial charge is 0.480 e. The van der Waals surface area contributed by atoms with Gasteiger partial charge >= 0.3 is 18.0 Å². The van der Waals surface area contributed by atoms with Gasteiger partial charge in [-0.3, -0.25) is 4.79 Å². The zero-order chi connectivity index (χ0) is 16.4. The van der Waals surface area contributed by atoms with Gasteiger partial charge in [0.2, 0.25) is 0 Å². The molecule has 0 heterocycles. The molecule has 0 saturated carbocycles. The minimum Gasteiger partial charge on any atom is -0.480 e. The summed E-state index contributed by atoms with van der Waals surface area (Å²) >= 11 is 0. The van der Waals surface area contributed by atoms with E-state index in [9.17, 15) is 14.4 Å². The van der Waals surface area contributed by atoms with Crippen molar-refractivity contribution in [3.63, 3.8) is 0 Å². The first-order valence-electron chi connectivity index (χ1n) is 6.88. The first kappa shape index (κ1) is 19.2. The molecule has 122 valence electrons. The van der Waals surface area contributed by atoms with E-state index in [-0.39, 0.29) is 19.2 Å². The van der Waals surface area contributed by atoms with Gasteiger partial charge in [0.05, 0.1) is 20.1 Å². The van der Waals surface area contributed by atoms with Crippen molar-refractivity contribution >= 4 is 18.0 Å². The third kappa shape index (κ3) is 6.44. The summed E-state index contributed by atoms with van der Waals surface area (Å²) in [6, 6.07) is -2.08. The number of carbonyl (C=O) groups is 3. The molecule has 8 nitrogen and oxygen atoms in total. The molecule has 0 aliphatic rings. The Balaban J connectivity index is 4.90. The molecule has 0 unspecified atom stereocenters. The van der Waals surface area contributed by atoms with E-state index >= 15 is 0 Å². The van der Waals surface area contributed by atoms with Crippen molar-refractivity contribution in [2.24, 2.45) is 0 Å². The van der Waals surface area contributed by atoms with E-state index in [0.717, 1.165) is 7.11 Å². The minimum atomic E-state index is -1.36. The number of carboxylic acid groups (broad SMARTS) is 1. The van der Waals surface area contributed by atoms with Gasteiger partial charge < -0.3 is 25.2 Å². The van der Waals surface area contributed by atoms with Crippen LogP contribution >= 0.6 is 0 Å². The number of aliphatic carboxylic acids is 1. The number of aliphatic hydroxyl groups is 1. The van der Waals surface area contributed by atoms with Crippen molar-refractivity contribution in [3.05, 3.63) is 0 Å². The summed E-state index contributed by atoms with van der Waals surface area (Å²) in [5.41, 5.74) is 0. The molecule has 2 amide bonds. The number of ether oxygens (including phenoxy) is 1. The minimum absolute atomic E-state index is 0.0999. The summed E-state index contributed by atoms with van der Waals surface area (Å²) in [6.07, 6.45) is 0.908. The van der Waals surface area contributed by atoms with Crippen LogP contribution in [-0.4, -0.2) is 65.4 Å². The van der Waals surface area contributed by atoms with Crippen molar-refractivity contribution in [1.29, 1.82) is 0 Å². The molecular weight excluding hydrogens is 280 g/mol. The smallest absolute Gasteiger partial charge is 0.326 e. The average Bonchev–Trinajstić information content (AvgIpc) is 2.46. The van der Waals surface area contributed by atoms with E-state index in [0.29, 0.717) is 12.8 Å². The fourth-order valence-corrected chi connectivity index (χ4v) is 1.97. The SMILES string of the molecule is CCC(CC)N(CCO)C(=O)N[C@@H](CC(=O)OC)C(=O)O. The van der Waals surface area contributed by atoms with Crippen LogP contribution in [0.1, 0.15) is 33.1 Å². The monoisotopic (exact) mass is 304 g/mol. The molecule has 1 atom stereocenters. The number of nitrogens with one attached hydrogen (secondary N) is 1. The average molecular weight is 304 g/mol. The Hall–Kier alpha value is -1.83. The molecule has 21 heavy (non-hydrogen) atoms. The Bertz CT molecular complexity index is 357. The number of rotatable bonds is 9. The topological polar surface area (TPSA) is 116 Å². The third-order valence-corrected chi connectivity index (χ3v) is 3.18. The lowest BCUT2D eigenvalue weighted by Gasteiger charge is -2.31. The normalized spacial score (nSPS) is 11.9. The number of nitrogens with zero attached hydrogens (tertiary/aromatic N) is 1. The van der Waals surface area contributed by atoms with Gasteiger partial charge in [-0.05, 0) is 12.8 Å². The van der Waals surface area contributed by atoms with Crippen molar-refractivity contribution < 1.29 is 29.3 Å². The second-order valence-corrected chi connectivity index (χ2v) is 4.51. The molecule has 0 radical (unpaired) electrons. The molecule has 0 rings (SSSR count). The van der Waals surface area contributed by atoms with Crippen molar-refractivity contribution in [1.82, 2.24) is 10.2 Å². The molecule has 0 aliphatic carbocycles. The lowest BCUT2D eigenvalue weighted by atomic mass is 10.1. The van der Waals surface area contributed by atoms with Crippen LogP contribution in [0.5, 0.6) is 0 Å². The van der Waals surface area contributed by atoms with Crippen molar-refractivity contribution in [3.8, 4) is 0 Å². The molecular formula is C13H24N2O6. The van der Waals surface area contributed by atoms with Gasteiger partial charge in [-0.2, -0.15) is 0 Å². The number of carbonyl (C=O) groups excluding carboxylic acids is 2. The zero-order valence-electron chi connectivity index (χ0n) is 12.7. The van der Waals surface area contributed by atoms with Crippen molar-refractivity contribution in [2.75, 3.05) is 20.3 Å². The number of carboxylic acids is 1. The molecule has 0 bridgehead atoms. The van der Waals surface area contributed by atoms with E-state index in [1.807, 2.05) is 13.8 Å². The van der Waals surface area contributed by atoms with Gasteiger partial charge in [0, 0.05) is 12.6 Å². The standard InChI is InChI=1S/C13H24N2O6/c1-4-9(5-2)15(6-7-16)13(20)14-10(12(18)19)8-11(17)21-3/h9-10,16H,4-8H2,1-3H3,(H,14,20)(H,18,19)/t10-/m0/s1. The Morgan fingerprint density at radius 2 is 1.81 bits per heavy atom. The van der Waals surface area contributed by atoms with Gasteiger partial charge in [0.25, 0.3) is 0 Å². The molecule has 0 aromatic carbocycles. The van der Waals surface area contributed by atoms with Gasteiger partial charge in [-0.1, -0.05) is 13.8 Å². The highest BCUT2D eigenvalue weighted by Gasteiger charge is 2.28. The Morgan fingerprint density at radius 1 is 1.24 bits per heavy atom. The molecule has 0 saturated heterocycles. The molecule has 0 spiro atoms. The number of amides is 2. The lowest BCUT2D eigenvalue weighted by Crippen LogP contribution is -2.52. The van der Waals surface area contributed by atoms with Gasteiger partial charge in [-0.15, -0.1) is 0 Å². The van der Waals surface area contributed by atoms with Crippen LogP contribution < -0.4 is 5.32 Å². The van der Waals surface area contributed by atoms with Crippen LogP contribution in [0.3, 0.4) is 0 Å². The van der Waals surface area contributed by atoms with Crippen LogP contribution in [-0.2, 0) is 14.3 Å². The number of urea groups is 1. The van der Waals surface area contributed by atoms with Crippen LogP contribution in [0.4, 0.5) is 4.79 Å². The van der Waals surface area contributed by atoms with Crippen LogP contribution in [0.15, 0.2) is 0 Å². The Morgan fingerprint density at radius 3 is 2.19 bits per heavy atom. The lowest BCUT2D eigenvalue weighted by molar-refractivity contribution is -0.147. The summed E-state index contributed by atoms with van der Waals surface area (Å²) in [5, 5.41) is 20.4. The van der Waals surface area contributed by atoms with Gasteiger partial charge in [0.15, 0.2) is 0 Å². The second-order valence-electron chi connectivity index (χ2n) is 4.51. The Kier molecular flexibility index (Phi) is 9.11. The highest BCUT2D eigenvalue weighted by Crippen LogP contribution is 2.09. The van der Waals surface area contributed by atoms with Gasteiger partial charge in [0.1, 0.15) is 6.04 Å². The maximum atomic E-state index is 12.2. The van der Waals surface area contributed by atoms with E-state index in [1.54, 1.807) is 0 Å². The quantitative estimate of drug-likeness (QED) is 0.524. The third-order valence-electron chi connectivity index (χ3n) is 3.18.